The van der Waals surface area contributed by atoms with Crippen molar-refractivity contribution in [3.63, 3.8) is 0 Å². The number of anilines is 1. The molecule has 10 heteroatoms. The normalized spacial score (nSPS) is 14.8. The quantitative estimate of drug-likeness (QED) is 0.497. The third-order valence-electron chi connectivity index (χ3n) is 4.92. The number of aryl methyl sites for hydroxylation is 1. The highest BCUT2D eigenvalue weighted by atomic mass is 32.2. The van der Waals surface area contributed by atoms with Gasteiger partial charge in [0.05, 0.1) is 10.5 Å². The number of sulfonamides is 1. The Morgan fingerprint density at radius 1 is 1.19 bits per heavy atom. The minimum absolute atomic E-state index is 0.171. The van der Waals surface area contributed by atoms with Gasteiger partial charge in [0, 0.05) is 25.0 Å². The molecule has 1 aromatic heterocycles. The van der Waals surface area contributed by atoms with Crippen molar-refractivity contribution in [2.45, 2.75) is 36.1 Å². The second kappa shape index (κ2) is 10.3. The molecule has 0 saturated carbocycles. The molecule has 1 aliphatic rings. The Labute approximate surface area is 186 Å². The minimum Gasteiger partial charge on any atom is -0.452 e. The number of aromatic nitrogens is 1. The van der Waals surface area contributed by atoms with E-state index >= 15 is 0 Å². The molecule has 31 heavy (non-hydrogen) atoms. The van der Waals surface area contributed by atoms with Crippen LogP contribution in [-0.2, 0) is 19.6 Å². The van der Waals surface area contributed by atoms with Crippen molar-refractivity contribution < 1.29 is 22.7 Å². The Bertz CT molecular complexity index is 1070. The Balaban J connectivity index is 1.66. The first-order valence-corrected chi connectivity index (χ1v) is 12.6. The molecule has 1 fully saturated rings. The predicted molar refractivity (Wildman–Crippen MR) is 119 cm³/mol. The number of piperidine rings is 1. The first kappa shape index (κ1) is 23.2. The number of amides is 1. The van der Waals surface area contributed by atoms with Gasteiger partial charge in [-0.05, 0) is 55.9 Å². The first-order chi connectivity index (χ1) is 14.8. The van der Waals surface area contributed by atoms with E-state index in [1.54, 1.807) is 43.6 Å². The van der Waals surface area contributed by atoms with Crippen molar-refractivity contribution in [2.24, 2.45) is 0 Å². The highest BCUT2D eigenvalue weighted by Crippen LogP contribution is 2.26. The SMILES string of the molecule is CSc1ncccc1C(=O)OCC(=O)Nc1ccc(C)c(S(=O)(=O)N2CCCCC2)c1. The van der Waals surface area contributed by atoms with Crippen LogP contribution in [0.3, 0.4) is 0 Å². The van der Waals surface area contributed by atoms with Crippen molar-refractivity contribution in [1.82, 2.24) is 9.29 Å². The van der Waals surface area contributed by atoms with Crippen LogP contribution in [-0.4, -0.2) is 55.5 Å². The number of thioether (sulfide) groups is 1. The van der Waals surface area contributed by atoms with Crippen LogP contribution in [0.1, 0.15) is 35.2 Å². The van der Waals surface area contributed by atoms with Crippen LogP contribution in [0.4, 0.5) is 5.69 Å². The van der Waals surface area contributed by atoms with Crippen molar-refractivity contribution in [2.75, 3.05) is 31.3 Å². The largest absolute Gasteiger partial charge is 0.452 e. The van der Waals surface area contributed by atoms with E-state index in [4.69, 9.17) is 4.74 Å². The lowest BCUT2D eigenvalue weighted by atomic mass is 10.2. The topological polar surface area (TPSA) is 106 Å². The highest BCUT2D eigenvalue weighted by Gasteiger charge is 2.27. The van der Waals surface area contributed by atoms with Crippen LogP contribution < -0.4 is 5.32 Å². The molecule has 0 spiro atoms. The number of nitrogens with one attached hydrogen (secondary N) is 1. The van der Waals surface area contributed by atoms with Crippen LogP contribution in [0.2, 0.25) is 0 Å². The predicted octanol–water partition coefficient (Wildman–Crippen LogP) is 3.08. The standard InChI is InChI=1S/C21H25N3O5S2/c1-15-8-9-16(13-18(15)31(27,28)24-11-4-3-5-12-24)23-19(25)14-29-21(26)17-7-6-10-22-20(17)30-2/h6-10,13H,3-5,11-12,14H2,1-2H3,(H,23,25). The molecule has 8 nitrogen and oxygen atoms in total. The molecule has 0 bridgehead atoms. The lowest BCUT2D eigenvalue weighted by molar-refractivity contribution is -0.119. The summed E-state index contributed by atoms with van der Waals surface area (Å²) in [5.74, 6) is -1.21. The number of pyridine rings is 1. The van der Waals surface area contributed by atoms with Gasteiger partial charge in [-0.2, -0.15) is 4.31 Å². The maximum Gasteiger partial charge on any atom is 0.341 e. The molecule has 1 amide bonds. The first-order valence-electron chi connectivity index (χ1n) is 9.89. The van der Waals surface area contributed by atoms with E-state index in [9.17, 15) is 18.0 Å². The number of esters is 1. The van der Waals surface area contributed by atoms with Gasteiger partial charge in [0.2, 0.25) is 10.0 Å². The van der Waals surface area contributed by atoms with Crippen LogP contribution in [0.25, 0.3) is 0 Å². The maximum atomic E-state index is 13.0. The zero-order valence-electron chi connectivity index (χ0n) is 17.5. The van der Waals surface area contributed by atoms with Crippen molar-refractivity contribution in [3.05, 3.63) is 47.7 Å². The number of rotatable bonds is 7. The van der Waals surface area contributed by atoms with Crippen LogP contribution >= 0.6 is 11.8 Å². The Hall–Kier alpha value is -2.43. The molecule has 1 N–H and O–H groups in total. The molecular weight excluding hydrogens is 438 g/mol. The lowest BCUT2D eigenvalue weighted by Crippen LogP contribution is -2.36. The van der Waals surface area contributed by atoms with Crippen LogP contribution in [0.15, 0.2) is 46.5 Å². The highest BCUT2D eigenvalue weighted by molar-refractivity contribution is 7.98. The number of carbonyl (C=O) groups excluding carboxylic acids is 2. The second-order valence-electron chi connectivity index (χ2n) is 7.13. The zero-order valence-corrected chi connectivity index (χ0v) is 19.1. The van der Waals surface area contributed by atoms with Crippen molar-refractivity contribution >= 4 is 39.3 Å². The third kappa shape index (κ3) is 5.63. The van der Waals surface area contributed by atoms with Crippen molar-refractivity contribution in [3.8, 4) is 0 Å². The molecular formula is C21H25N3O5S2. The fourth-order valence-electron chi connectivity index (χ4n) is 3.31. The lowest BCUT2D eigenvalue weighted by Gasteiger charge is -2.26. The molecule has 1 saturated heterocycles. The van der Waals surface area contributed by atoms with Gasteiger partial charge in [0.25, 0.3) is 5.91 Å². The Morgan fingerprint density at radius 3 is 2.65 bits per heavy atom. The molecule has 166 valence electrons. The van der Waals surface area contributed by atoms with Gasteiger partial charge in [-0.3, -0.25) is 4.79 Å². The summed E-state index contributed by atoms with van der Waals surface area (Å²) in [6.07, 6.45) is 6.07. The zero-order chi connectivity index (χ0) is 22.4. The van der Waals surface area contributed by atoms with E-state index in [1.165, 1.54) is 22.1 Å². The molecule has 0 radical (unpaired) electrons. The molecule has 1 aromatic carbocycles. The number of hydrogen-bond acceptors (Lipinski definition) is 7. The summed E-state index contributed by atoms with van der Waals surface area (Å²) in [6, 6.07) is 7.92. The minimum atomic E-state index is -3.63. The molecule has 1 aliphatic heterocycles. The fraction of sp³-hybridized carbons (Fsp3) is 0.381. The summed E-state index contributed by atoms with van der Waals surface area (Å²) >= 11 is 1.30. The number of carbonyl (C=O) groups is 2. The summed E-state index contributed by atoms with van der Waals surface area (Å²) in [5.41, 5.74) is 1.22. The van der Waals surface area contributed by atoms with E-state index < -0.39 is 28.5 Å². The number of nitrogens with zero attached hydrogens (tertiary/aromatic N) is 2. The van der Waals surface area contributed by atoms with E-state index in [0.29, 0.717) is 29.4 Å². The Morgan fingerprint density at radius 2 is 1.94 bits per heavy atom. The third-order valence-corrected chi connectivity index (χ3v) is 7.68. The fourth-order valence-corrected chi connectivity index (χ4v) is 5.62. The van der Waals surface area contributed by atoms with E-state index in [1.807, 2.05) is 0 Å². The van der Waals surface area contributed by atoms with Gasteiger partial charge in [0.1, 0.15) is 5.03 Å². The summed E-state index contributed by atoms with van der Waals surface area (Å²) in [6.45, 7) is 2.23. The number of benzene rings is 1. The molecule has 2 aromatic rings. The van der Waals surface area contributed by atoms with E-state index in [2.05, 4.69) is 10.3 Å². The van der Waals surface area contributed by atoms with Crippen LogP contribution in [0.5, 0.6) is 0 Å². The molecule has 3 rings (SSSR count). The van der Waals surface area contributed by atoms with E-state index in [-0.39, 0.29) is 10.5 Å². The molecule has 2 heterocycles. The van der Waals surface area contributed by atoms with Gasteiger partial charge in [-0.1, -0.05) is 12.5 Å². The van der Waals surface area contributed by atoms with E-state index in [0.717, 1.165) is 19.3 Å². The molecule has 0 unspecified atom stereocenters. The smallest absolute Gasteiger partial charge is 0.341 e. The number of hydrogen-bond donors (Lipinski definition) is 1. The average Bonchev–Trinajstić information content (AvgIpc) is 2.79. The number of ether oxygens (including phenoxy) is 1. The Kier molecular flexibility index (Phi) is 7.69. The van der Waals surface area contributed by atoms with Gasteiger partial charge in [-0.15, -0.1) is 11.8 Å². The summed E-state index contributed by atoms with van der Waals surface area (Å²) in [7, 11) is -3.63. The van der Waals surface area contributed by atoms with Crippen LogP contribution in [0, 0.1) is 6.92 Å². The van der Waals surface area contributed by atoms with Gasteiger partial charge in [0.15, 0.2) is 6.61 Å². The summed E-state index contributed by atoms with van der Waals surface area (Å²) in [4.78, 5) is 28.8. The van der Waals surface area contributed by atoms with Gasteiger partial charge in [-0.25, -0.2) is 18.2 Å². The summed E-state index contributed by atoms with van der Waals surface area (Å²) < 4.78 is 32.6. The molecule has 0 aliphatic carbocycles. The summed E-state index contributed by atoms with van der Waals surface area (Å²) in [5, 5.41) is 3.11. The maximum absolute atomic E-state index is 13.0. The monoisotopic (exact) mass is 463 g/mol. The van der Waals surface area contributed by atoms with Crippen molar-refractivity contribution in [1.29, 1.82) is 0 Å². The van der Waals surface area contributed by atoms with Gasteiger partial charge < -0.3 is 10.1 Å². The molecule has 0 atom stereocenters. The average molecular weight is 464 g/mol. The second-order valence-corrected chi connectivity index (χ2v) is 9.83. The van der Waals surface area contributed by atoms with Gasteiger partial charge >= 0.3 is 5.97 Å².